The van der Waals surface area contributed by atoms with Gasteiger partial charge in [0.1, 0.15) is 0 Å². The van der Waals surface area contributed by atoms with Crippen molar-refractivity contribution in [2.45, 2.75) is 43.9 Å². The molecule has 2 rings (SSSR count). The van der Waals surface area contributed by atoms with Crippen LogP contribution in [-0.2, 0) is 6.42 Å². The highest BCUT2D eigenvalue weighted by atomic mass is 19.4. The largest absolute Gasteiger partial charge is 0.391 e. The quantitative estimate of drug-likeness (QED) is 0.885. The van der Waals surface area contributed by atoms with Crippen LogP contribution in [0.5, 0.6) is 0 Å². The Labute approximate surface area is 104 Å². The van der Waals surface area contributed by atoms with Gasteiger partial charge in [0.2, 0.25) is 0 Å². The molecule has 2 nitrogen and oxygen atoms in total. The Bertz CT molecular complexity index is 393. The van der Waals surface area contributed by atoms with Crippen LogP contribution in [0.15, 0.2) is 24.4 Å². The van der Waals surface area contributed by atoms with Crippen molar-refractivity contribution in [2.75, 3.05) is 0 Å². The molecule has 1 fully saturated rings. The van der Waals surface area contributed by atoms with Gasteiger partial charge in [-0.25, -0.2) is 0 Å². The summed E-state index contributed by atoms with van der Waals surface area (Å²) in [5.41, 5.74) is -0.630. The fourth-order valence-corrected chi connectivity index (χ4v) is 2.62. The monoisotopic (exact) mass is 259 g/mol. The number of rotatable bonds is 2. The second kappa shape index (κ2) is 4.88. The Morgan fingerprint density at radius 3 is 2.78 bits per heavy atom. The topological polar surface area (TPSA) is 33.1 Å². The van der Waals surface area contributed by atoms with Crippen LogP contribution in [-0.4, -0.2) is 21.9 Å². The molecule has 0 radical (unpaired) electrons. The van der Waals surface area contributed by atoms with Gasteiger partial charge in [0.05, 0.1) is 11.5 Å². The second-order valence-corrected chi connectivity index (χ2v) is 5.06. The Kier molecular flexibility index (Phi) is 3.61. The first-order valence-electron chi connectivity index (χ1n) is 6.08. The molecule has 1 aliphatic rings. The van der Waals surface area contributed by atoms with E-state index in [0.29, 0.717) is 18.5 Å². The molecule has 1 aromatic heterocycles. The summed E-state index contributed by atoms with van der Waals surface area (Å²) in [5, 5.41) is 10.3. The zero-order chi connectivity index (χ0) is 13.2. The van der Waals surface area contributed by atoms with Gasteiger partial charge in [-0.2, -0.15) is 13.2 Å². The van der Waals surface area contributed by atoms with Crippen molar-refractivity contribution in [3.8, 4) is 0 Å². The Hall–Kier alpha value is -1.10. The number of pyridine rings is 1. The van der Waals surface area contributed by atoms with Crippen LogP contribution in [0, 0.1) is 5.92 Å². The molecule has 0 bridgehead atoms. The lowest BCUT2D eigenvalue weighted by atomic mass is 9.75. The molecule has 2 unspecified atom stereocenters. The Morgan fingerprint density at radius 2 is 2.17 bits per heavy atom. The highest BCUT2D eigenvalue weighted by Crippen LogP contribution is 2.42. The van der Waals surface area contributed by atoms with Crippen molar-refractivity contribution >= 4 is 0 Å². The number of hydrogen-bond donors (Lipinski definition) is 1. The molecule has 0 aliphatic heterocycles. The molecular weight excluding hydrogens is 243 g/mol. The van der Waals surface area contributed by atoms with Crippen molar-refractivity contribution in [3.05, 3.63) is 30.1 Å². The van der Waals surface area contributed by atoms with Crippen molar-refractivity contribution in [1.29, 1.82) is 0 Å². The number of halogens is 3. The van der Waals surface area contributed by atoms with Gasteiger partial charge in [-0.3, -0.25) is 4.98 Å². The minimum atomic E-state index is -4.21. The summed E-state index contributed by atoms with van der Waals surface area (Å²) in [5.74, 6) is -1.39. The smallest absolute Gasteiger partial charge is 0.389 e. The van der Waals surface area contributed by atoms with Gasteiger partial charge in [0.25, 0.3) is 0 Å². The molecule has 1 aromatic rings. The average Bonchev–Trinajstić information content (AvgIpc) is 2.28. The van der Waals surface area contributed by atoms with Crippen LogP contribution >= 0.6 is 0 Å². The molecule has 0 amide bonds. The third kappa shape index (κ3) is 3.22. The zero-order valence-electron chi connectivity index (χ0n) is 9.95. The van der Waals surface area contributed by atoms with E-state index in [-0.39, 0.29) is 19.3 Å². The molecule has 2 atom stereocenters. The maximum Gasteiger partial charge on any atom is 0.391 e. The summed E-state index contributed by atoms with van der Waals surface area (Å²) < 4.78 is 38.1. The molecule has 5 heteroatoms. The van der Waals surface area contributed by atoms with E-state index in [0.717, 1.165) is 0 Å². The standard InChI is InChI=1S/C13H16F3NO/c14-13(15,16)10-4-3-6-12(18,8-10)9-11-5-1-2-7-17-11/h1-2,5,7,10,18H,3-4,6,8-9H2. The van der Waals surface area contributed by atoms with Crippen molar-refractivity contribution in [2.24, 2.45) is 5.92 Å². The van der Waals surface area contributed by atoms with E-state index >= 15 is 0 Å². The van der Waals surface area contributed by atoms with E-state index in [1.54, 1.807) is 24.4 Å². The first-order chi connectivity index (χ1) is 8.39. The van der Waals surface area contributed by atoms with Gasteiger partial charge in [-0.15, -0.1) is 0 Å². The summed E-state index contributed by atoms with van der Waals surface area (Å²) in [6.07, 6.45) is -1.70. The predicted molar refractivity (Wildman–Crippen MR) is 60.9 cm³/mol. The van der Waals surface area contributed by atoms with Crippen molar-refractivity contribution < 1.29 is 18.3 Å². The van der Waals surface area contributed by atoms with Gasteiger partial charge in [0, 0.05) is 18.3 Å². The Morgan fingerprint density at radius 1 is 1.39 bits per heavy atom. The number of alkyl halides is 3. The maximum atomic E-state index is 12.7. The van der Waals surface area contributed by atoms with Gasteiger partial charge < -0.3 is 5.11 Å². The number of hydrogen-bond acceptors (Lipinski definition) is 2. The maximum absolute atomic E-state index is 12.7. The fraction of sp³-hybridized carbons (Fsp3) is 0.615. The second-order valence-electron chi connectivity index (χ2n) is 5.06. The predicted octanol–water partition coefficient (Wildman–Crippen LogP) is 3.11. The number of nitrogens with zero attached hydrogens (tertiary/aromatic N) is 1. The van der Waals surface area contributed by atoms with Gasteiger partial charge >= 0.3 is 6.18 Å². The molecule has 0 spiro atoms. The van der Waals surface area contributed by atoms with E-state index < -0.39 is 17.7 Å². The van der Waals surface area contributed by atoms with E-state index in [9.17, 15) is 18.3 Å². The zero-order valence-corrected chi connectivity index (χ0v) is 9.95. The van der Waals surface area contributed by atoms with Gasteiger partial charge in [-0.1, -0.05) is 6.07 Å². The highest BCUT2D eigenvalue weighted by molar-refractivity contribution is 5.08. The molecule has 1 N–H and O–H groups in total. The van der Waals surface area contributed by atoms with Crippen LogP contribution in [0.25, 0.3) is 0 Å². The van der Waals surface area contributed by atoms with Crippen LogP contribution < -0.4 is 0 Å². The average molecular weight is 259 g/mol. The van der Waals surface area contributed by atoms with E-state index in [4.69, 9.17) is 0 Å². The third-order valence-electron chi connectivity index (χ3n) is 3.52. The van der Waals surface area contributed by atoms with Crippen LogP contribution in [0.1, 0.15) is 31.4 Å². The first kappa shape index (κ1) is 13.3. The highest BCUT2D eigenvalue weighted by Gasteiger charge is 2.46. The van der Waals surface area contributed by atoms with Crippen LogP contribution in [0.4, 0.5) is 13.2 Å². The van der Waals surface area contributed by atoms with E-state index in [1.165, 1.54) is 0 Å². The summed E-state index contributed by atoms with van der Waals surface area (Å²) in [7, 11) is 0. The van der Waals surface area contributed by atoms with E-state index in [2.05, 4.69) is 4.98 Å². The normalized spacial score (nSPS) is 29.2. The van der Waals surface area contributed by atoms with Crippen LogP contribution in [0.3, 0.4) is 0 Å². The number of aromatic nitrogens is 1. The molecule has 100 valence electrons. The molecule has 1 saturated carbocycles. The minimum absolute atomic E-state index is 0.119. The summed E-state index contributed by atoms with van der Waals surface area (Å²) in [6, 6.07) is 5.25. The summed E-state index contributed by atoms with van der Waals surface area (Å²) in [4.78, 5) is 4.06. The summed E-state index contributed by atoms with van der Waals surface area (Å²) in [6.45, 7) is 0. The molecular formula is C13H16F3NO. The molecule has 18 heavy (non-hydrogen) atoms. The lowest BCUT2D eigenvalue weighted by Crippen LogP contribution is -2.42. The number of aliphatic hydroxyl groups is 1. The molecule has 0 saturated heterocycles. The lowest BCUT2D eigenvalue weighted by molar-refractivity contribution is -0.200. The molecule has 0 aromatic carbocycles. The first-order valence-corrected chi connectivity index (χ1v) is 6.08. The van der Waals surface area contributed by atoms with Crippen LogP contribution in [0.2, 0.25) is 0 Å². The molecule has 1 heterocycles. The van der Waals surface area contributed by atoms with E-state index in [1.807, 2.05) is 0 Å². The van der Waals surface area contributed by atoms with Crippen molar-refractivity contribution in [3.63, 3.8) is 0 Å². The van der Waals surface area contributed by atoms with Gasteiger partial charge in [-0.05, 0) is 37.8 Å². The minimum Gasteiger partial charge on any atom is -0.389 e. The van der Waals surface area contributed by atoms with Crippen molar-refractivity contribution in [1.82, 2.24) is 4.98 Å². The fourth-order valence-electron chi connectivity index (χ4n) is 2.62. The third-order valence-corrected chi connectivity index (χ3v) is 3.52. The lowest BCUT2D eigenvalue weighted by Gasteiger charge is -2.37. The summed E-state index contributed by atoms with van der Waals surface area (Å²) >= 11 is 0. The molecule has 1 aliphatic carbocycles. The SMILES string of the molecule is OC1(Cc2ccccn2)CCCC(C(F)(F)F)C1. The Balaban J connectivity index is 2.07. The van der Waals surface area contributed by atoms with Gasteiger partial charge in [0.15, 0.2) is 0 Å².